The van der Waals surface area contributed by atoms with Crippen molar-refractivity contribution in [2.45, 2.75) is 12.5 Å². The van der Waals surface area contributed by atoms with Crippen molar-refractivity contribution < 1.29 is 9.47 Å². The Labute approximate surface area is 135 Å². The highest BCUT2D eigenvalue weighted by Crippen LogP contribution is 2.39. The second-order valence-corrected chi connectivity index (χ2v) is 5.75. The molecule has 5 heteroatoms. The third-order valence-electron chi connectivity index (χ3n) is 4.06. The summed E-state index contributed by atoms with van der Waals surface area (Å²) >= 11 is 6.14. The normalized spacial score (nSPS) is 17.0. The van der Waals surface area contributed by atoms with Crippen LogP contribution in [0, 0.1) is 0 Å². The zero-order valence-corrected chi connectivity index (χ0v) is 13.4. The lowest BCUT2D eigenvalue weighted by molar-refractivity contribution is 0.353. The molecule has 2 aromatic rings. The molecule has 116 valence electrons. The van der Waals surface area contributed by atoms with E-state index >= 15 is 0 Å². The Morgan fingerprint density at radius 2 is 1.82 bits per heavy atom. The summed E-state index contributed by atoms with van der Waals surface area (Å²) in [7, 11) is 3.29. The standard InChI is InChI=1S/C17H19ClN2O2/c1-21-15-7-10-5-6-20-17(12(10)9-16(15)22-2)13-8-11(18)3-4-14(13)19/h3-4,7-9,17,20H,5-6,19H2,1-2H3/t17-/m0/s1. The first-order valence-corrected chi connectivity index (χ1v) is 7.55. The molecule has 0 aliphatic carbocycles. The molecular weight excluding hydrogens is 300 g/mol. The fraction of sp³-hybridized carbons (Fsp3) is 0.294. The lowest BCUT2D eigenvalue weighted by Gasteiger charge is -2.29. The fourth-order valence-corrected chi connectivity index (χ4v) is 3.14. The number of fused-ring (bicyclic) bond motifs is 1. The molecule has 0 radical (unpaired) electrons. The van der Waals surface area contributed by atoms with Gasteiger partial charge in [0.2, 0.25) is 0 Å². The average molecular weight is 319 g/mol. The monoisotopic (exact) mass is 318 g/mol. The molecule has 0 amide bonds. The molecule has 4 nitrogen and oxygen atoms in total. The Bertz CT molecular complexity index is 703. The van der Waals surface area contributed by atoms with E-state index in [9.17, 15) is 0 Å². The van der Waals surface area contributed by atoms with E-state index < -0.39 is 0 Å². The topological polar surface area (TPSA) is 56.5 Å². The van der Waals surface area contributed by atoms with Gasteiger partial charge in [-0.15, -0.1) is 0 Å². The first-order chi connectivity index (χ1) is 10.6. The van der Waals surface area contributed by atoms with Gasteiger partial charge in [0.05, 0.1) is 20.3 Å². The van der Waals surface area contributed by atoms with Crippen molar-refractivity contribution in [2.75, 3.05) is 26.5 Å². The van der Waals surface area contributed by atoms with Crippen LogP contribution in [0.5, 0.6) is 11.5 Å². The number of nitrogen functional groups attached to an aromatic ring is 1. The third kappa shape index (κ3) is 2.60. The van der Waals surface area contributed by atoms with Crippen molar-refractivity contribution in [3.63, 3.8) is 0 Å². The lowest BCUT2D eigenvalue weighted by Crippen LogP contribution is -2.31. The molecule has 0 aromatic heterocycles. The van der Waals surface area contributed by atoms with Gasteiger partial charge in [0.25, 0.3) is 0 Å². The van der Waals surface area contributed by atoms with Crippen LogP contribution in [-0.2, 0) is 6.42 Å². The number of hydrogen-bond acceptors (Lipinski definition) is 4. The number of benzene rings is 2. The van der Waals surface area contributed by atoms with Gasteiger partial charge in [0, 0.05) is 17.3 Å². The Kier molecular flexibility index (Phi) is 4.14. The molecule has 1 aliphatic heterocycles. The highest BCUT2D eigenvalue weighted by atomic mass is 35.5. The summed E-state index contributed by atoms with van der Waals surface area (Å²) in [5, 5.41) is 4.19. The van der Waals surface area contributed by atoms with E-state index in [0.717, 1.165) is 41.3 Å². The Hall–Kier alpha value is -1.91. The summed E-state index contributed by atoms with van der Waals surface area (Å²) in [5.74, 6) is 1.47. The highest BCUT2D eigenvalue weighted by Gasteiger charge is 2.25. The predicted molar refractivity (Wildman–Crippen MR) is 89.0 cm³/mol. The minimum absolute atomic E-state index is 0.00209. The molecule has 0 saturated heterocycles. The van der Waals surface area contributed by atoms with Crippen LogP contribution in [0.3, 0.4) is 0 Å². The van der Waals surface area contributed by atoms with Gasteiger partial charge in [-0.05, 0) is 53.4 Å². The summed E-state index contributed by atoms with van der Waals surface area (Å²) in [6.07, 6.45) is 0.937. The van der Waals surface area contributed by atoms with Crippen molar-refractivity contribution in [2.24, 2.45) is 0 Å². The van der Waals surface area contributed by atoms with E-state index in [0.29, 0.717) is 5.02 Å². The number of hydrogen-bond donors (Lipinski definition) is 2. The first-order valence-electron chi connectivity index (χ1n) is 7.17. The summed E-state index contributed by atoms with van der Waals surface area (Å²) in [6.45, 7) is 0.874. The zero-order chi connectivity index (χ0) is 15.7. The van der Waals surface area contributed by atoms with Crippen LogP contribution in [0.4, 0.5) is 5.69 Å². The van der Waals surface area contributed by atoms with Crippen LogP contribution in [-0.4, -0.2) is 20.8 Å². The molecule has 0 bridgehead atoms. The van der Waals surface area contributed by atoms with E-state index in [1.807, 2.05) is 24.3 Å². The smallest absolute Gasteiger partial charge is 0.161 e. The molecular formula is C17H19ClN2O2. The molecule has 2 aromatic carbocycles. The number of anilines is 1. The fourth-order valence-electron chi connectivity index (χ4n) is 2.96. The molecule has 3 rings (SSSR count). The maximum atomic E-state index is 6.15. The molecule has 0 saturated carbocycles. The van der Waals surface area contributed by atoms with Crippen LogP contribution in [0.1, 0.15) is 22.7 Å². The molecule has 3 N–H and O–H groups in total. The van der Waals surface area contributed by atoms with Crippen LogP contribution in [0.15, 0.2) is 30.3 Å². The maximum absolute atomic E-state index is 6.15. The summed E-state index contributed by atoms with van der Waals surface area (Å²) in [6, 6.07) is 9.63. The molecule has 1 heterocycles. The van der Waals surface area contributed by atoms with Gasteiger partial charge in [-0.25, -0.2) is 0 Å². The molecule has 0 spiro atoms. The van der Waals surface area contributed by atoms with E-state index in [4.69, 9.17) is 26.8 Å². The van der Waals surface area contributed by atoms with Crippen LogP contribution in [0.2, 0.25) is 5.02 Å². The summed E-state index contributed by atoms with van der Waals surface area (Å²) in [5.41, 5.74) is 10.3. The summed E-state index contributed by atoms with van der Waals surface area (Å²) in [4.78, 5) is 0. The summed E-state index contributed by atoms with van der Waals surface area (Å²) < 4.78 is 10.8. The number of halogens is 1. The van der Waals surface area contributed by atoms with Crippen molar-refractivity contribution in [3.05, 3.63) is 52.0 Å². The van der Waals surface area contributed by atoms with Crippen LogP contribution >= 0.6 is 11.6 Å². The van der Waals surface area contributed by atoms with E-state index in [-0.39, 0.29) is 6.04 Å². The Morgan fingerprint density at radius 3 is 2.55 bits per heavy atom. The maximum Gasteiger partial charge on any atom is 0.161 e. The Morgan fingerprint density at radius 1 is 1.09 bits per heavy atom. The lowest BCUT2D eigenvalue weighted by atomic mass is 9.88. The van der Waals surface area contributed by atoms with E-state index in [1.54, 1.807) is 20.3 Å². The van der Waals surface area contributed by atoms with Gasteiger partial charge < -0.3 is 20.5 Å². The number of methoxy groups -OCH3 is 2. The molecule has 0 fully saturated rings. The second kappa shape index (κ2) is 6.07. The van der Waals surface area contributed by atoms with Gasteiger partial charge >= 0.3 is 0 Å². The van der Waals surface area contributed by atoms with Gasteiger partial charge in [-0.1, -0.05) is 11.6 Å². The number of nitrogens with one attached hydrogen (secondary N) is 1. The molecule has 1 atom stereocenters. The predicted octanol–water partition coefficient (Wildman–Crippen LogP) is 3.17. The minimum Gasteiger partial charge on any atom is -0.493 e. The van der Waals surface area contributed by atoms with Crippen LogP contribution in [0.25, 0.3) is 0 Å². The quantitative estimate of drug-likeness (QED) is 0.853. The second-order valence-electron chi connectivity index (χ2n) is 5.32. The highest BCUT2D eigenvalue weighted by molar-refractivity contribution is 6.30. The number of ether oxygens (including phenoxy) is 2. The zero-order valence-electron chi connectivity index (χ0n) is 12.7. The van der Waals surface area contributed by atoms with Crippen molar-refractivity contribution in [1.29, 1.82) is 0 Å². The van der Waals surface area contributed by atoms with Crippen molar-refractivity contribution in [1.82, 2.24) is 5.32 Å². The first kappa shape index (κ1) is 15.0. The number of nitrogens with two attached hydrogens (primary N) is 1. The van der Waals surface area contributed by atoms with E-state index in [1.165, 1.54) is 5.56 Å². The molecule has 1 aliphatic rings. The molecule has 0 unspecified atom stereocenters. The SMILES string of the molecule is COc1cc2c(cc1OC)[C@@H](c1cc(Cl)ccc1N)NCC2. The largest absolute Gasteiger partial charge is 0.493 e. The van der Waals surface area contributed by atoms with E-state index in [2.05, 4.69) is 5.32 Å². The minimum atomic E-state index is 0.00209. The number of rotatable bonds is 3. The van der Waals surface area contributed by atoms with Crippen molar-refractivity contribution in [3.8, 4) is 11.5 Å². The molecule has 22 heavy (non-hydrogen) atoms. The van der Waals surface area contributed by atoms with Gasteiger partial charge in [-0.3, -0.25) is 0 Å². The van der Waals surface area contributed by atoms with Gasteiger partial charge in [-0.2, -0.15) is 0 Å². The van der Waals surface area contributed by atoms with Gasteiger partial charge in [0.1, 0.15) is 0 Å². The van der Waals surface area contributed by atoms with Crippen molar-refractivity contribution >= 4 is 17.3 Å². The Balaban J connectivity index is 2.13. The van der Waals surface area contributed by atoms with Crippen LogP contribution < -0.4 is 20.5 Å². The van der Waals surface area contributed by atoms with Gasteiger partial charge in [0.15, 0.2) is 11.5 Å². The average Bonchev–Trinajstić information content (AvgIpc) is 2.55. The third-order valence-corrected chi connectivity index (χ3v) is 4.29.